The van der Waals surface area contributed by atoms with Crippen molar-refractivity contribution in [3.8, 4) is 12.3 Å². The third-order valence-corrected chi connectivity index (χ3v) is 3.52. The first-order valence-corrected chi connectivity index (χ1v) is 6.75. The quantitative estimate of drug-likeness (QED) is 0.610. The first-order valence-electron chi connectivity index (χ1n) is 6.75. The normalized spacial score (nSPS) is 21.9. The predicted molar refractivity (Wildman–Crippen MR) is 79.2 cm³/mol. The molecular weight excluding hydrogens is 253 g/mol. The fourth-order valence-electron chi connectivity index (χ4n) is 2.58. The highest BCUT2D eigenvalue weighted by Crippen LogP contribution is 2.25. The Kier molecular flexibility index (Phi) is 5.31. The molecule has 106 valence electrons. The van der Waals surface area contributed by atoms with Gasteiger partial charge in [0, 0.05) is 25.6 Å². The van der Waals surface area contributed by atoms with E-state index in [-0.39, 0.29) is 11.9 Å². The van der Waals surface area contributed by atoms with Gasteiger partial charge in [-0.15, -0.1) is 13.0 Å². The Hall–Kier alpha value is -1.67. The van der Waals surface area contributed by atoms with Gasteiger partial charge >= 0.3 is 0 Å². The Bertz CT molecular complexity index is 477. The molecule has 2 unspecified atom stereocenters. The lowest BCUT2D eigenvalue weighted by Crippen LogP contribution is -2.33. The summed E-state index contributed by atoms with van der Waals surface area (Å²) in [5.41, 5.74) is 7.52. The molecule has 1 aromatic rings. The molecule has 0 aliphatic carbocycles. The molecule has 0 amide bonds. The average molecular weight is 273 g/mol. The molecule has 0 spiro atoms. The summed E-state index contributed by atoms with van der Waals surface area (Å²) in [7, 11) is 0. The van der Waals surface area contributed by atoms with E-state index in [9.17, 15) is 4.39 Å². The Labute approximate surface area is 119 Å². The van der Waals surface area contributed by atoms with Gasteiger partial charge in [-0.25, -0.2) is 9.82 Å². The standard InChI is InChI=1S/C16H20FN3/c1-3-9-20(10-4-2)12-14-11-18-19-16(14)13-5-7-15(17)8-6-13/h1,4-8,14,16,18-19H,2,9-12H2. The van der Waals surface area contributed by atoms with E-state index >= 15 is 0 Å². The Morgan fingerprint density at radius 3 is 2.85 bits per heavy atom. The molecule has 0 radical (unpaired) electrons. The molecule has 1 saturated heterocycles. The van der Waals surface area contributed by atoms with Crippen molar-refractivity contribution in [3.05, 3.63) is 48.3 Å². The van der Waals surface area contributed by atoms with Gasteiger partial charge in [-0.3, -0.25) is 10.3 Å². The molecule has 1 heterocycles. The van der Waals surface area contributed by atoms with Crippen LogP contribution in [0.15, 0.2) is 36.9 Å². The molecule has 1 aliphatic rings. The molecule has 2 N–H and O–H groups in total. The van der Waals surface area contributed by atoms with Crippen LogP contribution in [0.2, 0.25) is 0 Å². The van der Waals surface area contributed by atoms with E-state index in [1.165, 1.54) is 12.1 Å². The van der Waals surface area contributed by atoms with Crippen molar-refractivity contribution in [3.63, 3.8) is 0 Å². The molecule has 0 bridgehead atoms. The van der Waals surface area contributed by atoms with E-state index in [4.69, 9.17) is 6.42 Å². The summed E-state index contributed by atoms with van der Waals surface area (Å²) in [5.74, 6) is 2.85. The molecule has 2 atom stereocenters. The summed E-state index contributed by atoms with van der Waals surface area (Å²) in [6.07, 6.45) is 7.26. The zero-order valence-corrected chi connectivity index (χ0v) is 11.5. The summed E-state index contributed by atoms with van der Waals surface area (Å²) >= 11 is 0. The minimum absolute atomic E-state index is 0.167. The van der Waals surface area contributed by atoms with E-state index in [1.54, 1.807) is 0 Å². The Morgan fingerprint density at radius 1 is 1.45 bits per heavy atom. The van der Waals surface area contributed by atoms with Crippen LogP contribution in [-0.2, 0) is 0 Å². The molecule has 4 heteroatoms. The maximum Gasteiger partial charge on any atom is 0.123 e. The zero-order valence-electron chi connectivity index (χ0n) is 11.5. The van der Waals surface area contributed by atoms with Crippen LogP contribution in [0.1, 0.15) is 11.6 Å². The number of nitrogens with zero attached hydrogens (tertiary/aromatic N) is 1. The van der Waals surface area contributed by atoms with Gasteiger partial charge < -0.3 is 0 Å². The van der Waals surface area contributed by atoms with Crippen LogP contribution in [0.4, 0.5) is 4.39 Å². The molecule has 1 fully saturated rings. The van der Waals surface area contributed by atoms with Crippen LogP contribution in [0.5, 0.6) is 0 Å². The molecule has 2 rings (SSSR count). The number of terminal acetylenes is 1. The van der Waals surface area contributed by atoms with Crippen molar-refractivity contribution in [2.24, 2.45) is 5.92 Å². The molecule has 0 saturated carbocycles. The highest BCUT2D eigenvalue weighted by Gasteiger charge is 2.29. The molecule has 1 aromatic carbocycles. The van der Waals surface area contributed by atoms with Gasteiger partial charge in [-0.1, -0.05) is 24.1 Å². The number of rotatable bonds is 6. The van der Waals surface area contributed by atoms with Gasteiger partial charge in [0.15, 0.2) is 0 Å². The number of benzene rings is 1. The van der Waals surface area contributed by atoms with Crippen molar-refractivity contribution >= 4 is 0 Å². The van der Waals surface area contributed by atoms with Crippen molar-refractivity contribution in [2.45, 2.75) is 6.04 Å². The van der Waals surface area contributed by atoms with E-state index in [0.717, 1.165) is 25.2 Å². The van der Waals surface area contributed by atoms with Crippen molar-refractivity contribution in [1.82, 2.24) is 15.8 Å². The molecule has 1 aliphatic heterocycles. The van der Waals surface area contributed by atoms with Crippen LogP contribution >= 0.6 is 0 Å². The second-order valence-corrected chi connectivity index (χ2v) is 5.00. The number of nitrogens with one attached hydrogen (secondary N) is 2. The second-order valence-electron chi connectivity index (χ2n) is 5.00. The summed E-state index contributed by atoms with van der Waals surface area (Å²) in [4.78, 5) is 2.18. The van der Waals surface area contributed by atoms with Gasteiger partial charge in [-0.2, -0.15) is 0 Å². The monoisotopic (exact) mass is 273 g/mol. The predicted octanol–water partition coefficient (Wildman–Crippen LogP) is 1.71. The third kappa shape index (κ3) is 3.67. The van der Waals surface area contributed by atoms with E-state index in [2.05, 4.69) is 28.3 Å². The fourth-order valence-corrected chi connectivity index (χ4v) is 2.58. The van der Waals surface area contributed by atoms with Crippen LogP contribution in [0, 0.1) is 24.1 Å². The van der Waals surface area contributed by atoms with Gasteiger partial charge in [0.1, 0.15) is 5.82 Å². The Morgan fingerprint density at radius 2 is 2.20 bits per heavy atom. The second kappa shape index (κ2) is 7.20. The van der Waals surface area contributed by atoms with E-state index in [1.807, 2.05) is 18.2 Å². The van der Waals surface area contributed by atoms with Gasteiger partial charge in [0.05, 0.1) is 12.6 Å². The molecular formula is C16H20FN3. The largest absolute Gasteiger partial charge is 0.288 e. The lowest BCUT2D eigenvalue weighted by molar-refractivity contribution is 0.271. The topological polar surface area (TPSA) is 27.3 Å². The SMILES string of the molecule is C#CCN(CC=C)CC1CNNC1c1ccc(F)cc1. The summed E-state index contributed by atoms with van der Waals surface area (Å²) in [6.45, 7) is 6.88. The van der Waals surface area contributed by atoms with E-state index < -0.39 is 0 Å². The van der Waals surface area contributed by atoms with Crippen molar-refractivity contribution in [2.75, 3.05) is 26.2 Å². The van der Waals surface area contributed by atoms with Gasteiger partial charge in [0.25, 0.3) is 0 Å². The number of halogens is 1. The average Bonchev–Trinajstić information content (AvgIpc) is 2.88. The number of hydrogen-bond acceptors (Lipinski definition) is 3. The maximum atomic E-state index is 13.0. The van der Waals surface area contributed by atoms with Gasteiger partial charge in [0.2, 0.25) is 0 Å². The van der Waals surface area contributed by atoms with Crippen LogP contribution in [-0.4, -0.2) is 31.1 Å². The molecule has 0 aromatic heterocycles. The lowest BCUT2D eigenvalue weighted by atomic mass is 9.94. The third-order valence-electron chi connectivity index (χ3n) is 3.52. The smallest absolute Gasteiger partial charge is 0.123 e. The van der Waals surface area contributed by atoms with E-state index in [0.29, 0.717) is 12.5 Å². The lowest BCUT2D eigenvalue weighted by Gasteiger charge is -2.25. The Balaban J connectivity index is 2.04. The number of hydrogen-bond donors (Lipinski definition) is 2. The minimum atomic E-state index is -0.211. The van der Waals surface area contributed by atoms with Crippen molar-refractivity contribution in [1.29, 1.82) is 0 Å². The van der Waals surface area contributed by atoms with Crippen LogP contribution in [0.3, 0.4) is 0 Å². The maximum absolute atomic E-state index is 13.0. The fraction of sp³-hybridized carbons (Fsp3) is 0.375. The highest BCUT2D eigenvalue weighted by atomic mass is 19.1. The van der Waals surface area contributed by atoms with Crippen LogP contribution in [0.25, 0.3) is 0 Å². The minimum Gasteiger partial charge on any atom is -0.288 e. The highest BCUT2D eigenvalue weighted by molar-refractivity contribution is 5.21. The first-order chi connectivity index (χ1) is 9.74. The summed E-state index contributed by atoms with van der Waals surface area (Å²) < 4.78 is 13.0. The number of hydrazine groups is 1. The summed E-state index contributed by atoms with van der Waals surface area (Å²) in [5, 5.41) is 0. The summed E-state index contributed by atoms with van der Waals surface area (Å²) in [6, 6.07) is 6.81. The molecule has 3 nitrogen and oxygen atoms in total. The molecule has 20 heavy (non-hydrogen) atoms. The van der Waals surface area contributed by atoms with Gasteiger partial charge in [-0.05, 0) is 17.7 Å². The van der Waals surface area contributed by atoms with Crippen molar-refractivity contribution < 1.29 is 4.39 Å². The first kappa shape index (κ1) is 14.7. The zero-order chi connectivity index (χ0) is 14.4. The van der Waals surface area contributed by atoms with Crippen LogP contribution < -0.4 is 10.9 Å².